The summed E-state index contributed by atoms with van der Waals surface area (Å²) in [7, 11) is 0. The molecule has 0 aliphatic rings. The van der Waals surface area contributed by atoms with Crippen LogP contribution in [0.1, 0.15) is 31.0 Å². The Bertz CT molecular complexity index is 553. The fraction of sp³-hybridized carbons (Fsp3) is 0.267. The van der Waals surface area contributed by atoms with Gasteiger partial charge in [0.25, 0.3) is 0 Å². The Morgan fingerprint density at radius 2 is 1.83 bits per heavy atom. The summed E-state index contributed by atoms with van der Waals surface area (Å²) >= 11 is 0. The second-order valence-corrected chi connectivity index (χ2v) is 4.68. The van der Waals surface area contributed by atoms with Crippen molar-refractivity contribution in [3.05, 3.63) is 53.2 Å². The van der Waals surface area contributed by atoms with Crippen molar-refractivity contribution in [2.75, 3.05) is 0 Å². The van der Waals surface area contributed by atoms with Gasteiger partial charge in [0.15, 0.2) is 0 Å². The van der Waals surface area contributed by atoms with Crippen LogP contribution in [0, 0.1) is 18.6 Å². The molecule has 18 heavy (non-hydrogen) atoms. The first kappa shape index (κ1) is 12.7. The molecule has 3 heteroatoms. The summed E-state index contributed by atoms with van der Waals surface area (Å²) in [4.78, 5) is 4.43. The molecule has 0 atom stereocenters. The molecule has 1 aromatic carbocycles. The topological polar surface area (TPSA) is 12.9 Å². The van der Waals surface area contributed by atoms with Gasteiger partial charge < -0.3 is 0 Å². The van der Waals surface area contributed by atoms with Gasteiger partial charge in [-0.2, -0.15) is 0 Å². The molecule has 94 valence electrons. The minimum Gasteiger partial charge on any atom is -0.252 e. The zero-order valence-corrected chi connectivity index (χ0v) is 10.7. The number of benzene rings is 1. The van der Waals surface area contributed by atoms with Gasteiger partial charge in [0.2, 0.25) is 0 Å². The Morgan fingerprint density at radius 1 is 1.11 bits per heavy atom. The smallest absolute Gasteiger partial charge is 0.135 e. The number of aryl methyl sites for hydroxylation is 1. The van der Waals surface area contributed by atoms with Crippen LogP contribution >= 0.6 is 0 Å². The molecule has 2 aromatic rings. The molecule has 0 fully saturated rings. The van der Waals surface area contributed by atoms with Gasteiger partial charge in [0, 0.05) is 17.3 Å². The van der Waals surface area contributed by atoms with E-state index in [1.54, 1.807) is 13.0 Å². The summed E-state index contributed by atoms with van der Waals surface area (Å²) < 4.78 is 26.9. The average Bonchev–Trinajstić information content (AvgIpc) is 2.28. The van der Waals surface area contributed by atoms with Crippen molar-refractivity contribution in [2.45, 2.75) is 26.7 Å². The number of hydrogen-bond donors (Lipinski definition) is 0. The van der Waals surface area contributed by atoms with E-state index in [0.717, 1.165) is 11.8 Å². The Balaban J connectivity index is 2.59. The lowest BCUT2D eigenvalue weighted by Gasteiger charge is -2.10. The van der Waals surface area contributed by atoms with Crippen molar-refractivity contribution >= 4 is 0 Å². The Labute approximate surface area is 105 Å². The SMILES string of the molecule is Cc1cc(F)cc(F)c1-c1cccc(C(C)C)n1. The Morgan fingerprint density at radius 3 is 2.44 bits per heavy atom. The lowest BCUT2D eigenvalue weighted by molar-refractivity contribution is 0.583. The summed E-state index contributed by atoms with van der Waals surface area (Å²) in [6, 6.07) is 7.72. The van der Waals surface area contributed by atoms with Gasteiger partial charge in [-0.05, 0) is 36.6 Å². The van der Waals surface area contributed by atoms with Gasteiger partial charge in [-0.1, -0.05) is 19.9 Å². The third-order valence-electron chi connectivity index (χ3n) is 2.87. The Kier molecular flexibility index (Phi) is 3.41. The third kappa shape index (κ3) is 2.40. The molecule has 0 radical (unpaired) electrons. The highest BCUT2D eigenvalue weighted by atomic mass is 19.1. The number of pyridine rings is 1. The second kappa shape index (κ2) is 4.84. The fourth-order valence-electron chi connectivity index (χ4n) is 1.94. The van der Waals surface area contributed by atoms with Crippen LogP contribution in [0.4, 0.5) is 8.78 Å². The van der Waals surface area contributed by atoms with Gasteiger partial charge >= 0.3 is 0 Å². The summed E-state index contributed by atoms with van der Waals surface area (Å²) in [5.41, 5.74) is 2.38. The normalized spacial score (nSPS) is 11.0. The van der Waals surface area contributed by atoms with E-state index >= 15 is 0 Å². The van der Waals surface area contributed by atoms with E-state index in [9.17, 15) is 8.78 Å². The van der Waals surface area contributed by atoms with Gasteiger partial charge in [0.1, 0.15) is 11.6 Å². The average molecular weight is 247 g/mol. The van der Waals surface area contributed by atoms with Crippen LogP contribution in [-0.4, -0.2) is 4.98 Å². The quantitative estimate of drug-likeness (QED) is 0.763. The third-order valence-corrected chi connectivity index (χ3v) is 2.87. The van der Waals surface area contributed by atoms with E-state index in [2.05, 4.69) is 4.98 Å². The van der Waals surface area contributed by atoms with Crippen molar-refractivity contribution in [1.82, 2.24) is 4.98 Å². The molecule has 1 aromatic heterocycles. The maximum Gasteiger partial charge on any atom is 0.135 e. The predicted molar refractivity (Wildman–Crippen MR) is 68.4 cm³/mol. The standard InChI is InChI=1S/C15H15F2N/c1-9(2)13-5-4-6-14(18-13)15-10(3)7-11(16)8-12(15)17/h4-9H,1-3H3. The molecule has 0 unspecified atom stereocenters. The Hall–Kier alpha value is -1.77. The van der Waals surface area contributed by atoms with Crippen LogP contribution in [0.2, 0.25) is 0 Å². The number of nitrogens with zero attached hydrogens (tertiary/aromatic N) is 1. The number of rotatable bonds is 2. The molecule has 2 rings (SSSR count). The molecule has 0 saturated carbocycles. The van der Waals surface area contributed by atoms with Crippen LogP contribution in [0.25, 0.3) is 11.3 Å². The highest BCUT2D eigenvalue weighted by Gasteiger charge is 2.13. The van der Waals surface area contributed by atoms with Crippen LogP contribution in [0.15, 0.2) is 30.3 Å². The van der Waals surface area contributed by atoms with E-state index < -0.39 is 11.6 Å². The highest BCUT2D eigenvalue weighted by Crippen LogP contribution is 2.27. The zero-order chi connectivity index (χ0) is 13.3. The fourth-order valence-corrected chi connectivity index (χ4v) is 1.94. The van der Waals surface area contributed by atoms with Gasteiger partial charge in [0.05, 0.1) is 5.69 Å². The van der Waals surface area contributed by atoms with E-state index in [1.165, 1.54) is 6.07 Å². The molecule has 1 nitrogen and oxygen atoms in total. The van der Waals surface area contributed by atoms with Crippen molar-refractivity contribution in [3.63, 3.8) is 0 Å². The molecule has 0 amide bonds. The number of aromatic nitrogens is 1. The van der Waals surface area contributed by atoms with Crippen molar-refractivity contribution < 1.29 is 8.78 Å². The lowest BCUT2D eigenvalue weighted by Crippen LogP contribution is -1.98. The van der Waals surface area contributed by atoms with Crippen LogP contribution in [0.5, 0.6) is 0 Å². The molecule has 1 heterocycles. The first-order valence-electron chi connectivity index (χ1n) is 5.92. The van der Waals surface area contributed by atoms with Crippen LogP contribution in [0.3, 0.4) is 0 Å². The van der Waals surface area contributed by atoms with E-state index in [-0.39, 0.29) is 5.92 Å². The van der Waals surface area contributed by atoms with Crippen molar-refractivity contribution in [1.29, 1.82) is 0 Å². The molecular formula is C15H15F2N. The van der Waals surface area contributed by atoms with Gasteiger partial charge in [-0.15, -0.1) is 0 Å². The first-order chi connectivity index (χ1) is 8.49. The predicted octanol–water partition coefficient (Wildman–Crippen LogP) is 4.46. The van der Waals surface area contributed by atoms with E-state index in [0.29, 0.717) is 16.8 Å². The maximum absolute atomic E-state index is 13.8. The minimum absolute atomic E-state index is 0.272. The maximum atomic E-state index is 13.8. The molecule has 0 N–H and O–H groups in total. The minimum atomic E-state index is -0.569. The van der Waals surface area contributed by atoms with Crippen LogP contribution < -0.4 is 0 Å². The summed E-state index contributed by atoms with van der Waals surface area (Å²) in [5, 5.41) is 0. The highest BCUT2D eigenvalue weighted by molar-refractivity contribution is 5.64. The largest absolute Gasteiger partial charge is 0.252 e. The second-order valence-electron chi connectivity index (χ2n) is 4.68. The number of halogens is 2. The monoisotopic (exact) mass is 247 g/mol. The first-order valence-corrected chi connectivity index (χ1v) is 5.92. The van der Waals surface area contributed by atoms with E-state index in [1.807, 2.05) is 26.0 Å². The number of hydrogen-bond acceptors (Lipinski definition) is 1. The lowest BCUT2D eigenvalue weighted by atomic mass is 10.0. The van der Waals surface area contributed by atoms with Gasteiger partial charge in [-0.25, -0.2) is 8.78 Å². The van der Waals surface area contributed by atoms with Gasteiger partial charge in [-0.3, -0.25) is 4.98 Å². The molecular weight excluding hydrogens is 232 g/mol. The molecule has 0 aliphatic carbocycles. The van der Waals surface area contributed by atoms with E-state index in [4.69, 9.17) is 0 Å². The molecule has 0 aliphatic heterocycles. The molecule has 0 spiro atoms. The summed E-state index contributed by atoms with van der Waals surface area (Å²) in [6.07, 6.45) is 0. The molecule has 0 saturated heterocycles. The van der Waals surface area contributed by atoms with Crippen LogP contribution in [-0.2, 0) is 0 Å². The van der Waals surface area contributed by atoms with Crippen molar-refractivity contribution in [3.8, 4) is 11.3 Å². The zero-order valence-electron chi connectivity index (χ0n) is 10.7. The summed E-state index contributed by atoms with van der Waals surface area (Å²) in [5.74, 6) is -0.858. The molecule has 0 bridgehead atoms. The van der Waals surface area contributed by atoms with Crippen molar-refractivity contribution in [2.24, 2.45) is 0 Å². The summed E-state index contributed by atoms with van der Waals surface area (Å²) in [6.45, 7) is 5.74.